The number of carbonyl (C=O) groups excluding carboxylic acids is 1. The Kier molecular flexibility index (Phi) is 4.59. The molecule has 0 spiro atoms. The Bertz CT molecular complexity index is 775. The van der Waals surface area contributed by atoms with Crippen molar-refractivity contribution in [2.75, 3.05) is 19.7 Å². The number of carboxylic acid groups (broad SMARTS) is 1. The van der Waals surface area contributed by atoms with Gasteiger partial charge < -0.3 is 14.7 Å². The molecule has 1 fully saturated rings. The standard InChI is InChI=1S/C16H15FN2O4S/c1-9-13(15(20)19-6-7-23-12(8-19)16(21)22)24-14(18-9)10-2-4-11(17)5-3-10/h2-5,12H,6-8H2,1H3,(H,21,22)/t12-/m1/s1. The predicted octanol–water partition coefficient (Wildman–Crippen LogP) is 2.18. The highest BCUT2D eigenvalue weighted by atomic mass is 32.1. The molecule has 24 heavy (non-hydrogen) atoms. The number of morpholine rings is 1. The molecule has 3 rings (SSSR count). The van der Waals surface area contributed by atoms with Crippen LogP contribution in [0.4, 0.5) is 4.39 Å². The highest BCUT2D eigenvalue weighted by Gasteiger charge is 2.31. The maximum absolute atomic E-state index is 13.0. The average Bonchev–Trinajstić information content (AvgIpc) is 2.96. The molecule has 0 unspecified atom stereocenters. The molecule has 0 saturated carbocycles. The number of carboxylic acids is 1. The molecular weight excluding hydrogens is 335 g/mol. The minimum atomic E-state index is -1.08. The molecule has 1 aliphatic heterocycles. The fourth-order valence-electron chi connectivity index (χ4n) is 2.44. The number of hydrogen-bond acceptors (Lipinski definition) is 5. The normalized spacial score (nSPS) is 17.8. The lowest BCUT2D eigenvalue weighted by Crippen LogP contribution is -2.48. The third-order valence-corrected chi connectivity index (χ3v) is 4.91. The average molecular weight is 350 g/mol. The van der Waals surface area contributed by atoms with Gasteiger partial charge in [0.1, 0.15) is 15.7 Å². The van der Waals surface area contributed by atoms with Crippen LogP contribution >= 0.6 is 11.3 Å². The van der Waals surface area contributed by atoms with Crippen molar-refractivity contribution < 1.29 is 23.8 Å². The Balaban J connectivity index is 1.83. The van der Waals surface area contributed by atoms with Crippen LogP contribution in [0.25, 0.3) is 10.6 Å². The summed E-state index contributed by atoms with van der Waals surface area (Å²) in [6.45, 7) is 2.26. The molecule has 1 aliphatic rings. The van der Waals surface area contributed by atoms with Crippen LogP contribution in [-0.4, -0.2) is 52.7 Å². The Morgan fingerprint density at radius 2 is 2.08 bits per heavy atom. The first-order chi connectivity index (χ1) is 11.5. The molecule has 0 radical (unpaired) electrons. The van der Waals surface area contributed by atoms with Crippen LogP contribution in [0.3, 0.4) is 0 Å². The van der Waals surface area contributed by atoms with E-state index in [2.05, 4.69) is 4.98 Å². The summed E-state index contributed by atoms with van der Waals surface area (Å²) in [6, 6.07) is 5.90. The highest BCUT2D eigenvalue weighted by molar-refractivity contribution is 7.17. The number of halogens is 1. The van der Waals surface area contributed by atoms with Crippen molar-refractivity contribution in [3.63, 3.8) is 0 Å². The number of nitrogens with zero attached hydrogens (tertiary/aromatic N) is 2. The van der Waals surface area contributed by atoms with Gasteiger partial charge in [0.25, 0.3) is 5.91 Å². The molecule has 126 valence electrons. The number of aryl methyl sites for hydroxylation is 1. The van der Waals surface area contributed by atoms with E-state index in [9.17, 15) is 14.0 Å². The molecule has 0 aliphatic carbocycles. The Labute approximate surface area is 141 Å². The van der Waals surface area contributed by atoms with Gasteiger partial charge in [-0.25, -0.2) is 14.2 Å². The van der Waals surface area contributed by atoms with E-state index in [1.165, 1.54) is 28.4 Å². The summed E-state index contributed by atoms with van der Waals surface area (Å²) in [5, 5.41) is 9.66. The molecule has 1 atom stereocenters. The first-order valence-corrected chi connectivity index (χ1v) is 8.14. The highest BCUT2D eigenvalue weighted by Crippen LogP contribution is 2.29. The van der Waals surface area contributed by atoms with Crippen LogP contribution in [-0.2, 0) is 9.53 Å². The van der Waals surface area contributed by atoms with Gasteiger partial charge in [-0.1, -0.05) is 0 Å². The summed E-state index contributed by atoms with van der Waals surface area (Å²) in [4.78, 5) is 30.0. The fraction of sp³-hybridized carbons (Fsp3) is 0.312. The van der Waals surface area contributed by atoms with Gasteiger partial charge in [0, 0.05) is 12.1 Å². The SMILES string of the molecule is Cc1nc(-c2ccc(F)cc2)sc1C(=O)N1CCO[C@@H](C(=O)O)C1. The zero-order chi connectivity index (χ0) is 17.3. The minimum absolute atomic E-state index is 0.0113. The lowest BCUT2D eigenvalue weighted by atomic mass is 10.2. The molecule has 1 amide bonds. The minimum Gasteiger partial charge on any atom is -0.479 e. The monoisotopic (exact) mass is 350 g/mol. The van der Waals surface area contributed by atoms with E-state index >= 15 is 0 Å². The first kappa shape index (κ1) is 16.5. The summed E-state index contributed by atoms with van der Waals surface area (Å²) in [5.41, 5.74) is 1.30. The number of hydrogen-bond donors (Lipinski definition) is 1. The number of ether oxygens (including phenoxy) is 1. The molecule has 8 heteroatoms. The first-order valence-electron chi connectivity index (χ1n) is 7.33. The zero-order valence-electron chi connectivity index (χ0n) is 12.9. The van der Waals surface area contributed by atoms with Crippen molar-refractivity contribution in [3.8, 4) is 10.6 Å². The summed E-state index contributed by atoms with van der Waals surface area (Å²) < 4.78 is 18.2. The fourth-order valence-corrected chi connectivity index (χ4v) is 3.48. The van der Waals surface area contributed by atoms with Crippen LogP contribution in [0.15, 0.2) is 24.3 Å². The quantitative estimate of drug-likeness (QED) is 0.918. The van der Waals surface area contributed by atoms with Gasteiger partial charge in [-0.15, -0.1) is 11.3 Å². The van der Waals surface area contributed by atoms with Gasteiger partial charge in [-0.2, -0.15) is 0 Å². The number of carbonyl (C=O) groups is 2. The second-order valence-electron chi connectivity index (χ2n) is 5.39. The number of amides is 1. The van der Waals surface area contributed by atoms with E-state index in [-0.39, 0.29) is 24.9 Å². The van der Waals surface area contributed by atoms with E-state index in [4.69, 9.17) is 9.84 Å². The molecule has 2 heterocycles. The van der Waals surface area contributed by atoms with Crippen LogP contribution in [0.5, 0.6) is 0 Å². The lowest BCUT2D eigenvalue weighted by Gasteiger charge is -2.30. The van der Waals surface area contributed by atoms with E-state index in [0.29, 0.717) is 22.1 Å². The molecule has 2 aromatic rings. The Morgan fingerprint density at radius 3 is 2.75 bits per heavy atom. The molecule has 1 N–H and O–H groups in total. The van der Waals surface area contributed by atoms with Crippen molar-refractivity contribution in [1.82, 2.24) is 9.88 Å². The second kappa shape index (κ2) is 6.66. The zero-order valence-corrected chi connectivity index (χ0v) is 13.7. The van der Waals surface area contributed by atoms with E-state index < -0.39 is 12.1 Å². The summed E-state index contributed by atoms with van der Waals surface area (Å²) in [7, 11) is 0. The number of aliphatic carboxylic acids is 1. The van der Waals surface area contributed by atoms with Gasteiger partial charge in [0.05, 0.1) is 18.8 Å². The number of aromatic nitrogens is 1. The summed E-state index contributed by atoms with van der Waals surface area (Å²) in [5.74, 6) is -1.68. The van der Waals surface area contributed by atoms with Crippen LogP contribution in [0, 0.1) is 12.7 Å². The van der Waals surface area contributed by atoms with Crippen LogP contribution in [0.2, 0.25) is 0 Å². The van der Waals surface area contributed by atoms with Crippen molar-refractivity contribution in [2.24, 2.45) is 0 Å². The Hall–Kier alpha value is -2.32. The maximum atomic E-state index is 13.0. The Morgan fingerprint density at radius 1 is 1.38 bits per heavy atom. The smallest absolute Gasteiger partial charge is 0.334 e. The molecule has 6 nitrogen and oxygen atoms in total. The van der Waals surface area contributed by atoms with Gasteiger partial charge >= 0.3 is 5.97 Å². The van der Waals surface area contributed by atoms with E-state index in [1.54, 1.807) is 19.1 Å². The molecular formula is C16H15FN2O4S. The van der Waals surface area contributed by atoms with Crippen LogP contribution < -0.4 is 0 Å². The molecule has 1 aromatic carbocycles. The van der Waals surface area contributed by atoms with Gasteiger partial charge in [0.15, 0.2) is 6.10 Å². The van der Waals surface area contributed by atoms with Crippen molar-refractivity contribution in [3.05, 3.63) is 40.7 Å². The largest absolute Gasteiger partial charge is 0.479 e. The van der Waals surface area contributed by atoms with Gasteiger partial charge in [0.2, 0.25) is 0 Å². The van der Waals surface area contributed by atoms with Crippen LogP contribution in [0.1, 0.15) is 15.4 Å². The third-order valence-electron chi connectivity index (χ3n) is 3.71. The number of thiazole rings is 1. The third kappa shape index (κ3) is 3.29. The lowest BCUT2D eigenvalue weighted by molar-refractivity contribution is -0.154. The van der Waals surface area contributed by atoms with Crippen molar-refractivity contribution in [2.45, 2.75) is 13.0 Å². The maximum Gasteiger partial charge on any atom is 0.334 e. The molecule has 1 saturated heterocycles. The van der Waals surface area contributed by atoms with Gasteiger partial charge in [-0.05, 0) is 31.2 Å². The van der Waals surface area contributed by atoms with Gasteiger partial charge in [-0.3, -0.25) is 4.79 Å². The summed E-state index contributed by atoms with van der Waals surface area (Å²) in [6.07, 6.45) is -1.01. The van der Waals surface area contributed by atoms with Crippen molar-refractivity contribution >= 4 is 23.2 Å². The summed E-state index contributed by atoms with van der Waals surface area (Å²) >= 11 is 1.22. The van der Waals surface area contributed by atoms with E-state index in [1.807, 2.05) is 0 Å². The molecule has 0 bridgehead atoms. The predicted molar refractivity (Wildman–Crippen MR) is 85.5 cm³/mol. The molecule has 1 aromatic heterocycles. The van der Waals surface area contributed by atoms with Crippen molar-refractivity contribution in [1.29, 1.82) is 0 Å². The second-order valence-corrected chi connectivity index (χ2v) is 6.39. The number of rotatable bonds is 3. The van der Waals surface area contributed by atoms with E-state index in [0.717, 1.165) is 5.56 Å². The topological polar surface area (TPSA) is 79.7 Å². The number of benzene rings is 1.